The first-order chi connectivity index (χ1) is 40.9. The SMILES string of the molecule is CC/C=C\C/C=C\C/C=C\C/C=C\C/C=C\C/C=C\CCCCCCCCCCC(=O)OC(/C=C\CCCCCCCCCCCC)C(COP(=O)(O)OCC[N+](C)(C)C)NC(=O)CC/C=C\C/C=C\C/C=C\C/C=C\C/C=C\C/C=C\CC. The fourth-order valence-electron chi connectivity index (χ4n) is 8.67. The fraction of sp³-hybridized carbons (Fsp3) is 0.622. The van der Waals surface area contributed by atoms with Crippen molar-refractivity contribution in [2.75, 3.05) is 40.9 Å². The fourth-order valence-corrected chi connectivity index (χ4v) is 9.41. The topological polar surface area (TPSA) is 111 Å². The molecule has 10 heteroatoms. The Bertz CT molecular complexity index is 1990. The molecule has 3 atom stereocenters. The minimum Gasteiger partial charge on any atom is -0.456 e. The number of unbranched alkanes of at least 4 members (excludes halogenated alkanes) is 18. The van der Waals surface area contributed by atoms with Crippen LogP contribution in [0.5, 0.6) is 0 Å². The number of esters is 1. The molecule has 0 radical (unpaired) electrons. The van der Waals surface area contributed by atoms with E-state index >= 15 is 0 Å². The van der Waals surface area contributed by atoms with E-state index in [4.69, 9.17) is 13.8 Å². The smallest absolute Gasteiger partial charge is 0.456 e. The first-order valence-electron chi connectivity index (χ1n) is 33.3. The van der Waals surface area contributed by atoms with Crippen LogP contribution < -0.4 is 5.32 Å². The summed E-state index contributed by atoms with van der Waals surface area (Å²) in [7, 11) is 1.42. The molecule has 0 fully saturated rings. The lowest BCUT2D eigenvalue weighted by molar-refractivity contribution is -0.870. The normalized spacial score (nSPS) is 14.6. The molecule has 0 aromatic rings. The number of hydrogen-bond acceptors (Lipinski definition) is 6. The Morgan fingerprint density at radius 1 is 0.429 bits per heavy atom. The molecule has 9 nitrogen and oxygen atoms in total. The molecule has 3 unspecified atom stereocenters. The summed E-state index contributed by atoms with van der Waals surface area (Å²) in [5.74, 6) is -0.624. The Morgan fingerprint density at radius 2 is 0.774 bits per heavy atom. The third-order valence-electron chi connectivity index (χ3n) is 13.7. The molecule has 2 N–H and O–H groups in total. The van der Waals surface area contributed by atoms with Gasteiger partial charge in [0, 0.05) is 12.8 Å². The number of nitrogens with zero attached hydrogens (tertiary/aromatic N) is 1. The number of quaternary nitrogens is 1. The van der Waals surface area contributed by atoms with E-state index in [1.165, 1.54) is 77.0 Å². The molecule has 0 saturated heterocycles. The van der Waals surface area contributed by atoms with Gasteiger partial charge in [-0.25, -0.2) is 4.57 Å². The van der Waals surface area contributed by atoms with Crippen molar-refractivity contribution >= 4 is 19.7 Å². The standard InChI is InChI=1S/C74H123N2O7P/c1-7-10-13-16-19-22-25-28-30-32-34-35-36-37-38-39-40-41-43-45-47-49-52-55-58-61-64-67-74(78)83-72(65-62-59-56-53-50-27-24-21-18-15-12-9-3)71(70-82-84(79,80)81-69-68-76(4,5)6)75-73(77)66-63-60-57-54-51-48-46-44-42-33-31-29-26-23-20-17-14-11-8-2/h10-11,13-14,19-20,22-23,28-31,34-35,37-38,40-42,44,48,51,57,60,62,65,71-72H,7-9,12,15-18,21,24-27,32-33,36,39,43,45-47,49-50,52-56,58-59,61,63-64,66-70H2,1-6H3,(H-,75,77,79,80)/p+1/b13-10-,14-11-,22-19-,23-20-,30-28-,31-29-,35-34-,38-37-,41-40-,44-42-,51-48-,60-57-,65-62-. The van der Waals surface area contributed by atoms with Gasteiger partial charge in [0.2, 0.25) is 5.91 Å². The summed E-state index contributed by atoms with van der Waals surface area (Å²) in [4.78, 5) is 37.8. The molecular weight excluding hydrogens is 1060 g/mol. The number of nitrogens with one attached hydrogen (secondary N) is 1. The summed E-state index contributed by atoms with van der Waals surface area (Å²) >= 11 is 0. The zero-order chi connectivity index (χ0) is 61.4. The predicted octanol–water partition coefficient (Wildman–Crippen LogP) is 21.2. The molecule has 0 aliphatic heterocycles. The zero-order valence-corrected chi connectivity index (χ0v) is 55.2. The molecular formula is C74H124N2O7P+. The van der Waals surface area contributed by atoms with Crippen molar-refractivity contribution in [2.24, 2.45) is 0 Å². The second-order valence-corrected chi connectivity index (χ2v) is 24.3. The first kappa shape index (κ1) is 79.6. The summed E-state index contributed by atoms with van der Waals surface area (Å²) < 4.78 is 30.7. The lowest BCUT2D eigenvalue weighted by Gasteiger charge is -2.27. The van der Waals surface area contributed by atoms with Crippen LogP contribution in [0.4, 0.5) is 0 Å². The Kier molecular flexibility index (Phi) is 58.5. The van der Waals surface area contributed by atoms with Crippen LogP contribution in [-0.2, 0) is 27.9 Å². The Balaban J connectivity index is 5.26. The van der Waals surface area contributed by atoms with Crippen molar-refractivity contribution in [3.05, 3.63) is 158 Å². The van der Waals surface area contributed by atoms with E-state index < -0.39 is 20.0 Å². The number of carbonyl (C=O) groups excluding carboxylic acids is 2. The maximum atomic E-state index is 13.5. The highest BCUT2D eigenvalue weighted by atomic mass is 31.2. The summed E-state index contributed by atoms with van der Waals surface area (Å²) in [6.45, 7) is 6.70. The monoisotopic (exact) mass is 1180 g/mol. The number of hydrogen-bond donors (Lipinski definition) is 2. The molecule has 84 heavy (non-hydrogen) atoms. The van der Waals surface area contributed by atoms with Crippen molar-refractivity contribution in [1.29, 1.82) is 0 Å². The molecule has 1 amide bonds. The second-order valence-electron chi connectivity index (χ2n) is 22.9. The highest BCUT2D eigenvalue weighted by Crippen LogP contribution is 2.43. The van der Waals surface area contributed by atoms with Gasteiger partial charge < -0.3 is 19.4 Å². The van der Waals surface area contributed by atoms with Crippen LogP contribution in [-0.4, -0.2) is 74.3 Å². The average Bonchev–Trinajstić information content (AvgIpc) is 3.65. The van der Waals surface area contributed by atoms with Crippen molar-refractivity contribution in [3.63, 3.8) is 0 Å². The number of phosphoric ester groups is 1. The van der Waals surface area contributed by atoms with Crippen LogP contribution in [0.1, 0.15) is 245 Å². The largest absolute Gasteiger partial charge is 0.472 e. The van der Waals surface area contributed by atoms with Gasteiger partial charge in [-0.1, -0.05) is 269 Å². The summed E-state index contributed by atoms with van der Waals surface area (Å²) in [5, 5.41) is 3.00. The van der Waals surface area contributed by atoms with E-state index in [9.17, 15) is 19.0 Å². The van der Waals surface area contributed by atoms with Gasteiger partial charge in [-0.3, -0.25) is 18.6 Å². The molecule has 0 spiro atoms. The van der Waals surface area contributed by atoms with E-state index in [1.807, 2.05) is 39.4 Å². The van der Waals surface area contributed by atoms with Crippen molar-refractivity contribution < 1.29 is 37.3 Å². The molecule has 0 bridgehead atoms. The second kappa shape index (κ2) is 61.7. The Labute approximate surface area is 516 Å². The lowest BCUT2D eigenvalue weighted by atomic mass is 10.0. The minimum atomic E-state index is -4.49. The lowest BCUT2D eigenvalue weighted by Crippen LogP contribution is -2.47. The van der Waals surface area contributed by atoms with Gasteiger partial charge in [-0.05, 0) is 122 Å². The van der Waals surface area contributed by atoms with E-state index in [0.717, 1.165) is 122 Å². The van der Waals surface area contributed by atoms with Gasteiger partial charge in [0.05, 0.1) is 33.8 Å². The van der Waals surface area contributed by atoms with Crippen LogP contribution in [0.3, 0.4) is 0 Å². The Hall–Kier alpha value is -4.37. The summed E-state index contributed by atoms with van der Waals surface area (Å²) in [5.41, 5.74) is 0. The molecule has 0 saturated carbocycles. The van der Waals surface area contributed by atoms with E-state index in [0.29, 0.717) is 23.9 Å². The number of allylic oxidation sites excluding steroid dienone is 25. The van der Waals surface area contributed by atoms with E-state index in [2.05, 4.69) is 166 Å². The zero-order valence-electron chi connectivity index (χ0n) is 54.3. The average molecular weight is 1180 g/mol. The third-order valence-corrected chi connectivity index (χ3v) is 14.7. The molecule has 476 valence electrons. The highest BCUT2D eigenvalue weighted by molar-refractivity contribution is 7.47. The van der Waals surface area contributed by atoms with Crippen LogP contribution in [0.2, 0.25) is 0 Å². The van der Waals surface area contributed by atoms with Crippen LogP contribution in [0, 0.1) is 0 Å². The number of phosphoric acid groups is 1. The number of ether oxygens (including phenoxy) is 1. The number of carbonyl (C=O) groups is 2. The molecule has 0 aliphatic carbocycles. The van der Waals surface area contributed by atoms with E-state index in [1.54, 1.807) is 0 Å². The van der Waals surface area contributed by atoms with Gasteiger partial charge in [0.25, 0.3) is 0 Å². The third kappa shape index (κ3) is 62.2. The van der Waals surface area contributed by atoms with Crippen molar-refractivity contribution in [1.82, 2.24) is 5.32 Å². The molecule has 0 aliphatic rings. The highest BCUT2D eigenvalue weighted by Gasteiger charge is 2.30. The van der Waals surface area contributed by atoms with Gasteiger partial charge in [-0.15, -0.1) is 0 Å². The molecule has 0 aromatic heterocycles. The molecule has 0 aromatic carbocycles. The van der Waals surface area contributed by atoms with Gasteiger partial charge in [0.1, 0.15) is 19.3 Å². The molecule has 0 rings (SSSR count). The number of likely N-dealkylation sites (N-methyl/N-ethyl adjacent to an activating group) is 1. The first-order valence-corrected chi connectivity index (χ1v) is 34.8. The van der Waals surface area contributed by atoms with Crippen molar-refractivity contribution in [2.45, 2.75) is 258 Å². The number of rotatable bonds is 58. The summed E-state index contributed by atoms with van der Waals surface area (Å²) in [6.07, 6.45) is 91.2. The van der Waals surface area contributed by atoms with E-state index in [-0.39, 0.29) is 37.9 Å². The molecule has 0 heterocycles. The van der Waals surface area contributed by atoms with Gasteiger partial charge in [0.15, 0.2) is 0 Å². The predicted molar refractivity (Wildman–Crippen MR) is 364 cm³/mol. The van der Waals surface area contributed by atoms with Crippen LogP contribution >= 0.6 is 7.82 Å². The maximum Gasteiger partial charge on any atom is 0.472 e. The Morgan fingerprint density at radius 3 is 1.17 bits per heavy atom. The van der Waals surface area contributed by atoms with Gasteiger partial charge >= 0.3 is 13.8 Å². The van der Waals surface area contributed by atoms with Crippen LogP contribution in [0.25, 0.3) is 0 Å². The number of amides is 1. The quantitative estimate of drug-likeness (QED) is 0.0205. The minimum absolute atomic E-state index is 0.0164. The van der Waals surface area contributed by atoms with Crippen LogP contribution in [0.15, 0.2) is 158 Å². The van der Waals surface area contributed by atoms with Gasteiger partial charge in [-0.2, -0.15) is 0 Å². The summed E-state index contributed by atoms with van der Waals surface area (Å²) in [6, 6.07) is -0.905. The maximum absolute atomic E-state index is 13.5. The van der Waals surface area contributed by atoms with Crippen molar-refractivity contribution in [3.8, 4) is 0 Å².